The molecule has 0 aliphatic rings. The fourth-order valence-corrected chi connectivity index (χ4v) is 2.53. The van der Waals surface area contributed by atoms with Gasteiger partial charge in [0.05, 0.1) is 16.8 Å². The molecule has 152 valence electrons. The van der Waals surface area contributed by atoms with E-state index in [0.29, 0.717) is 0 Å². The molecule has 0 saturated carbocycles. The molecule has 1 N–H and O–H groups in total. The molecule has 0 spiro atoms. The van der Waals surface area contributed by atoms with Crippen LogP contribution in [0.3, 0.4) is 0 Å². The molecule has 3 aromatic rings. The van der Waals surface area contributed by atoms with Gasteiger partial charge in [-0.1, -0.05) is 18.2 Å². The van der Waals surface area contributed by atoms with E-state index in [1.807, 2.05) is 0 Å². The van der Waals surface area contributed by atoms with Crippen molar-refractivity contribution < 1.29 is 28.3 Å². The molecule has 0 heterocycles. The highest BCUT2D eigenvalue weighted by Gasteiger charge is 2.16. The van der Waals surface area contributed by atoms with Gasteiger partial charge in [0.15, 0.2) is 5.78 Å². The largest absolute Gasteiger partial charge is 0.733 e. The van der Waals surface area contributed by atoms with E-state index in [1.165, 1.54) is 48.5 Å². The van der Waals surface area contributed by atoms with Gasteiger partial charge in [0.1, 0.15) is 17.4 Å². The molecule has 0 saturated heterocycles. The van der Waals surface area contributed by atoms with Gasteiger partial charge in [-0.2, -0.15) is 0 Å². The van der Waals surface area contributed by atoms with Crippen LogP contribution in [0.5, 0.6) is 5.75 Å². The van der Waals surface area contributed by atoms with E-state index in [-0.39, 0.29) is 33.4 Å². The van der Waals surface area contributed by atoms with Crippen molar-refractivity contribution in [1.82, 2.24) is 0 Å². The molecule has 0 amide bonds. The summed E-state index contributed by atoms with van der Waals surface area (Å²) in [4.78, 5) is 24.8. The third-order valence-electron chi connectivity index (χ3n) is 4.05. The highest BCUT2D eigenvalue weighted by atomic mass is 19.1. The number of esters is 1. The molecule has 0 aromatic heterocycles. The predicted molar refractivity (Wildman–Crippen MR) is 105 cm³/mol. The number of hydrogen-bond acceptors (Lipinski definition) is 6. The zero-order valence-corrected chi connectivity index (χ0v) is 15.3. The third kappa shape index (κ3) is 4.93. The summed E-state index contributed by atoms with van der Waals surface area (Å²) in [5.41, 5.74) is -0.126. The van der Waals surface area contributed by atoms with Crippen molar-refractivity contribution in [1.29, 1.82) is 0 Å². The van der Waals surface area contributed by atoms with Crippen LogP contribution >= 0.6 is 0 Å². The van der Waals surface area contributed by atoms with E-state index in [0.717, 1.165) is 24.3 Å². The number of hydrogen-bond donors (Lipinski definition) is 1. The predicted octanol–water partition coefficient (Wildman–Crippen LogP) is 4.77. The van der Waals surface area contributed by atoms with Crippen LogP contribution in [-0.2, 0) is 0 Å². The number of rotatable bonds is 6. The average Bonchev–Trinajstić information content (AvgIpc) is 2.74. The molecule has 3 aromatic carbocycles. The van der Waals surface area contributed by atoms with E-state index in [4.69, 9.17) is 9.94 Å². The maximum atomic E-state index is 13.7. The van der Waals surface area contributed by atoms with E-state index in [9.17, 15) is 23.6 Å². The quantitative estimate of drug-likeness (QED) is 0.207. The van der Waals surface area contributed by atoms with Crippen molar-refractivity contribution in [2.45, 2.75) is 0 Å². The first-order valence-corrected chi connectivity index (χ1v) is 8.60. The van der Waals surface area contributed by atoms with Crippen LogP contribution in [-0.4, -0.2) is 17.0 Å². The monoisotopic (exact) mass is 410 g/mol. The van der Waals surface area contributed by atoms with E-state index < -0.39 is 23.4 Å². The maximum Gasteiger partial charge on any atom is 0.343 e. The Hall–Kier alpha value is -3.88. The van der Waals surface area contributed by atoms with Gasteiger partial charge in [0.25, 0.3) is 0 Å². The van der Waals surface area contributed by atoms with Crippen LogP contribution in [0.2, 0.25) is 0 Å². The van der Waals surface area contributed by atoms with Crippen molar-refractivity contribution in [3.05, 3.63) is 106 Å². The van der Waals surface area contributed by atoms with Crippen LogP contribution in [0.4, 0.5) is 14.5 Å². The third-order valence-corrected chi connectivity index (χ3v) is 4.05. The average molecular weight is 410 g/mol. The molecular weight excluding hydrogens is 396 g/mol. The van der Waals surface area contributed by atoms with Crippen LogP contribution in [0.25, 0.3) is 6.08 Å². The fraction of sp³-hybridized carbons (Fsp3) is 0. The summed E-state index contributed by atoms with van der Waals surface area (Å²) in [5.74, 6) is -3.01. The molecule has 6 nitrogen and oxygen atoms in total. The number of ketones is 1. The van der Waals surface area contributed by atoms with Gasteiger partial charge in [-0.15, -0.1) is 0 Å². The minimum absolute atomic E-state index is 0.0326. The standard InChI is InChI=1S/C22H14F2NO5/c23-16-8-12-21(30-22(27)15-5-9-17(10-6-15)25(28)29)18(13-16)20(26)11-7-14-3-1-2-4-19(14)24/h1-13,28H/q-1. The second-order valence-corrected chi connectivity index (χ2v) is 6.07. The molecule has 0 radical (unpaired) electrons. The molecule has 3 rings (SSSR count). The normalized spacial score (nSPS) is 10.8. The Balaban J connectivity index is 1.83. The van der Waals surface area contributed by atoms with E-state index >= 15 is 0 Å². The van der Waals surface area contributed by atoms with Crippen LogP contribution in [0.1, 0.15) is 26.3 Å². The summed E-state index contributed by atoms with van der Waals surface area (Å²) in [6.07, 6.45) is 2.28. The lowest BCUT2D eigenvalue weighted by Gasteiger charge is -2.21. The lowest BCUT2D eigenvalue weighted by Crippen LogP contribution is -2.12. The van der Waals surface area contributed by atoms with Crippen molar-refractivity contribution in [3.8, 4) is 5.75 Å². The number of benzene rings is 3. The smallest absolute Gasteiger partial charge is 0.343 e. The summed E-state index contributed by atoms with van der Waals surface area (Å²) >= 11 is 0. The highest BCUT2D eigenvalue weighted by molar-refractivity contribution is 6.09. The molecule has 0 atom stereocenters. The Morgan fingerprint density at radius 3 is 2.37 bits per heavy atom. The number of nitrogens with zero attached hydrogens (tertiary/aromatic N) is 1. The zero-order valence-electron chi connectivity index (χ0n) is 15.3. The lowest BCUT2D eigenvalue weighted by atomic mass is 10.1. The molecule has 0 fully saturated rings. The fourth-order valence-electron chi connectivity index (χ4n) is 2.53. The number of allylic oxidation sites excluding steroid dienone is 1. The van der Waals surface area contributed by atoms with Crippen LogP contribution in [0, 0.1) is 16.8 Å². The van der Waals surface area contributed by atoms with Crippen LogP contribution < -0.4 is 9.96 Å². The molecule has 0 aliphatic carbocycles. The summed E-state index contributed by atoms with van der Waals surface area (Å²) in [6, 6.07) is 13.7. The highest BCUT2D eigenvalue weighted by Crippen LogP contribution is 2.23. The van der Waals surface area contributed by atoms with Gasteiger partial charge in [-0.05, 0) is 60.7 Å². The first kappa shape index (κ1) is 20.8. The second-order valence-electron chi connectivity index (χ2n) is 6.07. The first-order valence-electron chi connectivity index (χ1n) is 8.60. The van der Waals surface area contributed by atoms with Crippen molar-refractivity contribution in [2.75, 3.05) is 5.23 Å². The Kier molecular flexibility index (Phi) is 6.31. The molecule has 8 heteroatoms. The topological polar surface area (TPSA) is 89.9 Å². The Labute approximate surface area is 169 Å². The summed E-state index contributed by atoms with van der Waals surface area (Å²) in [7, 11) is 0. The number of ether oxygens (including phenoxy) is 1. The summed E-state index contributed by atoms with van der Waals surface area (Å²) in [6.45, 7) is 0. The maximum absolute atomic E-state index is 13.7. The number of carbonyl (C=O) groups is 2. The van der Waals surface area contributed by atoms with Crippen molar-refractivity contribution in [2.24, 2.45) is 0 Å². The number of halogens is 2. The van der Waals surface area contributed by atoms with Gasteiger partial charge in [0.2, 0.25) is 0 Å². The minimum Gasteiger partial charge on any atom is -0.733 e. The summed E-state index contributed by atoms with van der Waals surface area (Å²) < 4.78 is 32.6. The van der Waals surface area contributed by atoms with Gasteiger partial charge in [-0.25, -0.2) is 13.6 Å². The Morgan fingerprint density at radius 2 is 1.70 bits per heavy atom. The zero-order chi connectivity index (χ0) is 21.7. The number of anilines is 1. The van der Waals surface area contributed by atoms with Crippen molar-refractivity contribution >= 4 is 23.5 Å². The molecule has 0 unspecified atom stereocenters. The second kappa shape index (κ2) is 9.08. The summed E-state index contributed by atoms with van der Waals surface area (Å²) in [5, 5.41) is 19.3. The van der Waals surface area contributed by atoms with Crippen molar-refractivity contribution in [3.63, 3.8) is 0 Å². The van der Waals surface area contributed by atoms with Gasteiger partial charge in [0, 0.05) is 5.56 Å². The van der Waals surface area contributed by atoms with E-state index in [2.05, 4.69) is 0 Å². The lowest BCUT2D eigenvalue weighted by molar-refractivity contribution is 0.0733. The first-order chi connectivity index (χ1) is 14.3. The molecule has 30 heavy (non-hydrogen) atoms. The van der Waals surface area contributed by atoms with Gasteiger partial charge in [-0.3, -0.25) is 10.0 Å². The van der Waals surface area contributed by atoms with Gasteiger partial charge < -0.3 is 15.2 Å². The molecular formula is C22H14F2NO5-. The Morgan fingerprint density at radius 1 is 1.00 bits per heavy atom. The van der Waals surface area contributed by atoms with Crippen LogP contribution in [0.15, 0.2) is 72.8 Å². The molecule has 0 bridgehead atoms. The Bertz CT molecular complexity index is 1110. The SMILES string of the molecule is O=C(Oc1ccc(F)cc1C(=O)C=Cc1ccccc1F)c1ccc(N([O-])O)cc1. The number of carbonyl (C=O) groups excluding carboxylic acids is 2. The minimum atomic E-state index is -0.865. The molecule has 0 aliphatic heterocycles. The van der Waals surface area contributed by atoms with Gasteiger partial charge >= 0.3 is 5.97 Å². The van der Waals surface area contributed by atoms with E-state index in [1.54, 1.807) is 6.07 Å².